The summed E-state index contributed by atoms with van der Waals surface area (Å²) in [6, 6.07) is 0. The van der Waals surface area contributed by atoms with Crippen molar-refractivity contribution in [1.29, 1.82) is 0 Å². The largest absolute Gasteiger partial charge is 0.299 e. The van der Waals surface area contributed by atoms with Crippen molar-refractivity contribution in [3.8, 4) is 0 Å². The number of carbonyl (C=O) groups excluding carboxylic acids is 1. The molecule has 1 nitrogen and oxygen atoms in total. The number of carbonyl (C=O) groups is 1. The van der Waals surface area contributed by atoms with Crippen molar-refractivity contribution in [2.75, 3.05) is 0 Å². The van der Waals surface area contributed by atoms with Crippen LogP contribution in [0.25, 0.3) is 0 Å². The first-order chi connectivity index (χ1) is 8.99. The van der Waals surface area contributed by atoms with Gasteiger partial charge in [0.25, 0.3) is 0 Å². The predicted molar refractivity (Wildman–Crippen MR) is 85.2 cm³/mol. The smallest absolute Gasteiger partial charge is 0.142 e. The van der Waals surface area contributed by atoms with Gasteiger partial charge in [0.05, 0.1) is 0 Å². The molecule has 0 aliphatic heterocycles. The molecule has 0 unspecified atom stereocenters. The van der Waals surface area contributed by atoms with Gasteiger partial charge in [-0.15, -0.1) is 0 Å². The molecule has 0 aliphatic rings. The zero-order valence-electron chi connectivity index (χ0n) is 13.1. The maximum Gasteiger partial charge on any atom is 0.142 e. The van der Waals surface area contributed by atoms with E-state index in [4.69, 9.17) is 0 Å². The van der Waals surface area contributed by atoms with E-state index in [1.807, 2.05) is 6.08 Å². The summed E-state index contributed by atoms with van der Waals surface area (Å²) in [6.45, 7) is 10.8. The van der Waals surface area contributed by atoms with Gasteiger partial charge >= 0.3 is 0 Å². The second-order valence-electron chi connectivity index (χ2n) is 5.36. The Morgan fingerprint density at radius 3 is 2.37 bits per heavy atom. The van der Waals surface area contributed by atoms with Crippen LogP contribution in [0.4, 0.5) is 0 Å². The average molecular weight is 260 g/mol. The Labute approximate surface area is 118 Å². The fourth-order valence-corrected chi connectivity index (χ4v) is 2.12. The Morgan fingerprint density at radius 1 is 1.11 bits per heavy atom. The first kappa shape index (κ1) is 17.6. The van der Waals surface area contributed by atoms with Gasteiger partial charge in [-0.3, -0.25) is 4.79 Å². The molecule has 0 saturated heterocycles. The molecule has 0 N–H and O–H groups in total. The second-order valence-corrected chi connectivity index (χ2v) is 5.36. The van der Waals surface area contributed by atoms with E-state index < -0.39 is 0 Å². The van der Waals surface area contributed by atoms with E-state index in [9.17, 15) is 4.79 Å². The van der Waals surface area contributed by atoms with Gasteiger partial charge in [-0.05, 0) is 59.0 Å². The first-order valence-corrected chi connectivity index (χ1v) is 7.08. The Kier molecular flexibility index (Phi) is 9.78. The molecule has 0 fully saturated rings. The van der Waals surface area contributed by atoms with Gasteiger partial charge in [0.2, 0.25) is 0 Å². The molecule has 0 heterocycles. The van der Waals surface area contributed by atoms with Crippen LogP contribution in [0.2, 0.25) is 0 Å². The summed E-state index contributed by atoms with van der Waals surface area (Å²) in [5.41, 5.74) is 4.03. The molecule has 0 aliphatic carbocycles. The van der Waals surface area contributed by atoms with Crippen LogP contribution in [0.5, 0.6) is 0 Å². The van der Waals surface area contributed by atoms with Gasteiger partial charge in [-0.25, -0.2) is 0 Å². The van der Waals surface area contributed by atoms with E-state index in [-0.39, 0.29) is 0 Å². The third kappa shape index (κ3) is 10.3. The van der Waals surface area contributed by atoms with Crippen LogP contribution < -0.4 is 0 Å². The zero-order chi connectivity index (χ0) is 14.7. The maximum atomic E-state index is 10.2. The molecule has 0 spiro atoms. The number of allylic oxidation sites excluding steroid dienone is 8. The van der Waals surface area contributed by atoms with Crippen molar-refractivity contribution in [2.24, 2.45) is 5.92 Å². The van der Waals surface area contributed by atoms with Crippen LogP contribution in [0.15, 0.2) is 47.1 Å². The molecule has 1 atom stereocenters. The Balaban J connectivity index is 4.27. The van der Waals surface area contributed by atoms with Gasteiger partial charge in [0.1, 0.15) is 6.29 Å². The predicted octanol–water partition coefficient (Wildman–Crippen LogP) is 5.41. The van der Waals surface area contributed by atoms with Crippen LogP contribution in [-0.4, -0.2) is 6.29 Å². The van der Waals surface area contributed by atoms with Crippen molar-refractivity contribution in [2.45, 2.75) is 53.9 Å². The van der Waals surface area contributed by atoms with E-state index >= 15 is 0 Å². The summed E-state index contributed by atoms with van der Waals surface area (Å²) in [7, 11) is 0. The molecule has 19 heavy (non-hydrogen) atoms. The summed E-state index contributed by atoms with van der Waals surface area (Å²) < 4.78 is 0. The van der Waals surface area contributed by atoms with Crippen LogP contribution in [0, 0.1) is 5.92 Å². The lowest BCUT2D eigenvalue weighted by Crippen LogP contribution is -1.95. The molecule has 106 valence electrons. The summed E-state index contributed by atoms with van der Waals surface area (Å²) in [5, 5.41) is 0. The molecule has 0 bridgehead atoms. The summed E-state index contributed by atoms with van der Waals surface area (Å²) in [6.07, 6.45) is 14.2. The molecular formula is C18H28O. The fourth-order valence-electron chi connectivity index (χ4n) is 2.12. The van der Waals surface area contributed by atoms with Crippen molar-refractivity contribution >= 4 is 6.29 Å². The zero-order valence-corrected chi connectivity index (χ0v) is 13.1. The van der Waals surface area contributed by atoms with E-state index in [2.05, 4.69) is 52.8 Å². The molecule has 0 rings (SSSR count). The van der Waals surface area contributed by atoms with Gasteiger partial charge in [0.15, 0.2) is 0 Å². The summed E-state index contributed by atoms with van der Waals surface area (Å²) in [5.74, 6) is 0.656. The Morgan fingerprint density at radius 2 is 1.79 bits per heavy atom. The number of hydrogen-bond acceptors (Lipinski definition) is 1. The maximum absolute atomic E-state index is 10.2. The minimum Gasteiger partial charge on any atom is -0.299 e. The van der Waals surface area contributed by atoms with Crippen LogP contribution in [-0.2, 0) is 4.79 Å². The van der Waals surface area contributed by atoms with Crippen LogP contribution in [0.3, 0.4) is 0 Å². The molecule has 1 heteroatoms. The van der Waals surface area contributed by atoms with Crippen molar-refractivity contribution in [3.63, 3.8) is 0 Å². The minimum atomic E-state index is 0.656. The molecular weight excluding hydrogens is 232 g/mol. The third-order valence-corrected chi connectivity index (χ3v) is 3.10. The Hall–Kier alpha value is -1.37. The third-order valence-electron chi connectivity index (χ3n) is 3.10. The highest BCUT2D eigenvalue weighted by Crippen LogP contribution is 2.18. The number of rotatable bonds is 8. The van der Waals surface area contributed by atoms with E-state index in [1.54, 1.807) is 6.08 Å². The van der Waals surface area contributed by atoms with Crippen molar-refractivity contribution < 1.29 is 4.79 Å². The highest BCUT2D eigenvalue weighted by atomic mass is 16.1. The lowest BCUT2D eigenvalue weighted by Gasteiger charge is -2.10. The first-order valence-electron chi connectivity index (χ1n) is 7.08. The summed E-state index contributed by atoms with van der Waals surface area (Å²) in [4.78, 5) is 10.2. The van der Waals surface area contributed by atoms with E-state index in [0.717, 1.165) is 25.5 Å². The van der Waals surface area contributed by atoms with Gasteiger partial charge < -0.3 is 0 Å². The number of aldehydes is 1. The molecule has 0 aromatic heterocycles. The monoisotopic (exact) mass is 260 g/mol. The topological polar surface area (TPSA) is 17.1 Å². The molecule has 0 saturated carbocycles. The summed E-state index contributed by atoms with van der Waals surface area (Å²) >= 11 is 0. The Bertz CT molecular complexity index is 380. The number of hydrogen-bond donors (Lipinski definition) is 0. The van der Waals surface area contributed by atoms with Gasteiger partial charge in [-0.2, -0.15) is 0 Å². The minimum absolute atomic E-state index is 0.656. The van der Waals surface area contributed by atoms with Crippen molar-refractivity contribution in [1.82, 2.24) is 0 Å². The fraction of sp³-hybridized carbons (Fsp3) is 0.500. The van der Waals surface area contributed by atoms with Crippen LogP contribution in [0.1, 0.15) is 53.9 Å². The SMILES string of the molecule is C/C=C(C)/C=C(C)/C=C(\C)C[C@H](C)CC/C=C/C=O. The molecule has 0 aromatic carbocycles. The average Bonchev–Trinajstić information content (AvgIpc) is 2.33. The molecule has 0 aromatic rings. The van der Waals surface area contributed by atoms with E-state index in [0.29, 0.717) is 5.92 Å². The van der Waals surface area contributed by atoms with Gasteiger partial charge in [0, 0.05) is 0 Å². The highest BCUT2D eigenvalue weighted by Gasteiger charge is 2.02. The standard InChI is InChI=1S/C18H28O/c1-6-15(2)12-17(4)14-18(5)13-16(3)10-8-7-9-11-19/h6-7,9,11-12,14,16H,8,10,13H2,1-5H3/b9-7+,15-6+,17-12+,18-14+/t16-/m1/s1. The lowest BCUT2D eigenvalue weighted by molar-refractivity contribution is -0.104. The van der Waals surface area contributed by atoms with Crippen molar-refractivity contribution in [3.05, 3.63) is 47.1 Å². The second kappa shape index (κ2) is 10.5. The normalized spacial score (nSPS) is 15.9. The van der Waals surface area contributed by atoms with Crippen LogP contribution >= 0.6 is 0 Å². The quantitative estimate of drug-likeness (QED) is 0.324. The highest BCUT2D eigenvalue weighted by molar-refractivity contribution is 5.64. The lowest BCUT2D eigenvalue weighted by atomic mass is 9.96. The molecule has 0 amide bonds. The van der Waals surface area contributed by atoms with Gasteiger partial charge in [-0.1, -0.05) is 47.9 Å². The molecule has 0 radical (unpaired) electrons. The van der Waals surface area contributed by atoms with E-state index in [1.165, 1.54) is 16.7 Å².